The summed E-state index contributed by atoms with van der Waals surface area (Å²) in [6, 6.07) is 8.54. The van der Waals surface area contributed by atoms with Gasteiger partial charge in [0.15, 0.2) is 0 Å². The summed E-state index contributed by atoms with van der Waals surface area (Å²) in [4.78, 5) is 13.5. The third-order valence-electron chi connectivity index (χ3n) is 4.15. The number of amides is 1. The second kappa shape index (κ2) is 7.23. The average molecular weight is 339 g/mol. The molecular weight excluding hydrogens is 316 g/mol. The maximum Gasteiger partial charge on any atom is 0.217 e. The van der Waals surface area contributed by atoms with E-state index < -0.39 is 0 Å². The van der Waals surface area contributed by atoms with Crippen LogP contribution in [0, 0.1) is 5.92 Å². The first-order valence-corrected chi connectivity index (χ1v) is 8.10. The minimum absolute atomic E-state index is 0.161. The fraction of sp³-hybridized carbons (Fsp3) is 0.562. The van der Waals surface area contributed by atoms with Crippen LogP contribution in [0.5, 0.6) is 0 Å². The molecule has 1 aliphatic heterocycles. The van der Waals surface area contributed by atoms with Crippen molar-refractivity contribution < 1.29 is 4.79 Å². The highest BCUT2D eigenvalue weighted by Gasteiger charge is 2.22. The Bertz CT molecular complexity index is 456. The van der Waals surface area contributed by atoms with Crippen molar-refractivity contribution in [3.05, 3.63) is 34.3 Å². The summed E-state index contributed by atoms with van der Waals surface area (Å²) in [5, 5.41) is 0. The van der Waals surface area contributed by atoms with E-state index in [9.17, 15) is 4.79 Å². The molecule has 1 aromatic carbocycles. The van der Waals surface area contributed by atoms with E-state index in [1.807, 2.05) is 0 Å². The zero-order chi connectivity index (χ0) is 14.5. The normalized spacial score (nSPS) is 18.9. The quantitative estimate of drug-likeness (QED) is 0.896. The lowest BCUT2D eigenvalue weighted by molar-refractivity contribution is -0.119. The molecule has 1 atom stereocenters. The SMILES string of the molecule is CC(CN1CCC(CC(N)=O)CC1)c1cccc(Br)c1. The van der Waals surface area contributed by atoms with Crippen LogP contribution in [0.3, 0.4) is 0 Å². The van der Waals surface area contributed by atoms with E-state index in [-0.39, 0.29) is 5.91 Å². The number of carbonyl (C=O) groups is 1. The van der Waals surface area contributed by atoms with Crippen LogP contribution in [0.25, 0.3) is 0 Å². The topological polar surface area (TPSA) is 46.3 Å². The molecule has 0 saturated carbocycles. The number of rotatable bonds is 5. The number of benzene rings is 1. The number of hydrogen-bond acceptors (Lipinski definition) is 2. The van der Waals surface area contributed by atoms with Crippen LogP contribution in [0.2, 0.25) is 0 Å². The minimum Gasteiger partial charge on any atom is -0.370 e. The molecule has 1 amide bonds. The smallest absolute Gasteiger partial charge is 0.217 e. The Hall–Kier alpha value is -0.870. The molecule has 0 bridgehead atoms. The molecule has 3 nitrogen and oxygen atoms in total. The van der Waals surface area contributed by atoms with Crippen LogP contribution in [0.1, 0.15) is 37.7 Å². The van der Waals surface area contributed by atoms with E-state index in [1.54, 1.807) is 0 Å². The first-order chi connectivity index (χ1) is 9.54. The number of hydrogen-bond donors (Lipinski definition) is 1. The molecule has 0 spiro atoms. The molecule has 4 heteroatoms. The minimum atomic E-state index is -0.161. The fourth-order valence-corrected chi connectivity index (χ4v) is 3.38. The number of halogens is 1. The molecule has 1 saturated heterocycles. The summed E-state index contributed by atoms with van der Waals surface area (Å²) < 4.78 is 1.14. The van der Waals surface area contributed by atoms with Gasteiger partial charge in [-0.25, -0.2) is 0 Å². The lowest BCUT2D eigenvalue weighted by Crippen LogP contribution is -2.37. The molecule has 20 heavy (non-hydrogen) atoms. The number of carbonyl (C=O) groups excluding carboxylic acids is 1. The van der Waals surface area contributed by atoms with Gasteiger partial charge in [0.05, 0.1) is 0 Å². The highest BCUT2D eigenvalue weighted by molar-refractivity contribution is 9.10. The Balaban J connectivity index is 1.82. The van der Waals surface area contributed by atoms with E-state index in [4.69, 9.17) is 5.73 Å². The maximum atomic E-state index is 10.9. The van der Waals surface area contributed by atoms with Crippen molar-refractivity contribution in [2.75, 3.05) is 19.6 Å². The van der Waals surface area contributed by atoms with Gasteiger partial charge in [-0.05, 0) is 55.5 Å². The number of piperidine rings is 1. The van der Waals surface area contributed by atoms with Crippen LogP contribution in [-0.2, 0) is 4.79 Å². The predicted molar refractivity (Wildman–Crippen MR) is 85.5 cm³/mol. The molecule has 1 aliphatic rings. The predicted octanol–water partition coefficient (Wildman–Crippen LogP) is 3.14. The molecule has 110 valence electrons. The third kappa shape index (κ3) is 4.60. The van der Waals surface area contributed by atoms with Gasteiger partial charge in [0, 0.05) is 17.4 Å². The summed E-state index contributed by atoms with van der Waals surface area (Å²) in [6.07, 6.45) is 2.73. The van der Waals surface area contributed by atoms with E-state index in [0.29, 0.717) is 18.3 Å². The number of likely N-dealkylation sites (tertiary alicyclic amines) is 1. The Labute approximate surface area is 129 Å². The van der Waals surface area contributed by atoms with Gasteiger partial charge in [-0.15, -0.1) is 0 Å². The molecule has 0 radical (unpaired) electrons. The summed E-state index contributed by atoms with van der Waals surface area (Å²) in [5.41, 5.74) is 6.65. The molecule has 1 unspecified atom stereocenters. The van der Waals surface area contributed by atoms with Crippen molar-refractivity contribution in [1.29, 1.82) is 0 Å². The molecule has 1 heterocycles. The van der Waals surface area contributed by atoms with Gasteiger partial charge in [-0.1, -0.05) is 35.0 Å². The Kier molecular flexibility index (Phi) is 5.61. The molecule has 1 aromatic rings. The monoisotopic (exact) mass is 338 g/mol. The van der Waals surface area contributed by atoms with Crippen LogP contribution in [0.4, 0.5) is 0 Å². The Morgan fingerprint density at radius 2 is 2.15 bits per heavy atom. The van der Waals surface area contributed by atoms with E-state index >= 15 is 0 Å². The van der Waals surface area contributed by atoms with E-state index in [2.05, 4.69) is 52.0 Å². The highest BCUT2D eigenvalue weighted by atomic mass is 79.9. The summed E-state index contributed by atoms with van der Waals surface area (Å²) in [7, 11) is 0. The first kappa shape index (κ1) is 15.5. The third-order valence-corrected chi connectivity index (χ3v) is 4.64. The van der Waals surface area contributed by atoms with Crippen molar-refractivity contribution >= 4 is 21.8 Å². The van der Waals surface area contributed by atoms with Crippen LogP contribution >= 0.6 is 15.9 Å². The van der Waals surface area contributed by atoms with Crippen LogP contribution in [-0.4, -0.2) is 30.4 Å². The van der Waals surface area contributed by atoms with E-state index in [0.717, 1.165) is 36.9 Å². The van der Waals surface area contributed by atoms with Crippen LogP contribution in [0.15, 0.2) is 28.7 Å². The summed E-state index contributed by atoms with van der Waals surface area (Å²) in [6.45, 7) is 5.52. The number of nitrogens with zero attached hydrogens (tertiary/aromatic N) is 1. The zero-order valence-corrected chi connectivity index (χ0v) is 13.6. The number of nitrogens with two attached hydrogens (primary N) is 1. The van der Waals surface area contributed by atoms with Crippen molar-refractivity contribution in [3.8, 4) is 0 Å². The molecule has 1 fully saturated rings. The molecule has 2 N–H and O–H groups in total. The molecule has 0 aliphatic carbocycles. The van der Waals surface area contributed by atoms with Gasteiger partial charge in [0.25, 0.3) is 0 Å². The average Bonchev–Trinajstić information content (AvgIpc) is 2.40. The van der Waals surface area contributed by atoms with Gasteiger partial charge in [-0.2, -0.15) is 0 Å². The second-order valence-electron chi connectivity index (χ2n) is 5.87. The van der Waals surface area contributed by atoms with Crippen molar-refractivity contribution in [3.63, 3.8) is 0 Å². The van der Waals surface area contributed by atoms with E-state index in [1.165, 1.54) is 5.56 Å². The second-order valence-corrected chi connectivity index (χ2v) is 6.79. The maximum absolute atomic E-state index is 10.9. The van der Waals surface area contributed by atoms with Crippen molar-refractivity contribution in [2.24, 2.45) is 11.7 Å². The van der Waals surface area contributed by atoms with Gasteiger partial charge >= 0.3 is 0 Å². The molecular formula is C16H23BrN2O. The zero-order valence-electron chi connectivity index (χ0n) is 12.0. The van der Waals surface area contributed by atoms with Crippen molar-refractivity contribution in [1.82, 2.24) is 4.90 Å². The lowest BCUT2D eigenvalue weighted by Gasteiger charge is -2.33. The highest BCUT2D eigenvalue weighted by Crippen LogP contribution is 2.24. The Morgan fingerprint density at radius 1 is 1.45 bits per heavy atom. The molecule has 2 rings (SSSR count). The van der Waals surface area contributed by atoms with Gasteiger partial charge < -0.3 is 10.6 Å². The lowest BCUT2D eigenvalue weighted by atomic mass is 9.92. The number of primary amides is 1. The van der Waals surface area contributed by atoms with Gasteiger partial charge in [0.2, 0.25) is 5.91 Å². The Morgan fingerprint density at radius 3 is 2.75 bits per heavy atom. The first-order valence-electron chi connectivity index (χ1n) is 7.30. The molecule has 0 aromatic heterocycles. The largest absolute Gasteiger partial charge is 0.370 e. The van der Waals surface area contributed by atoms with Gasteiger partial charge in [-0.3, -0.25) is 4.79 Å². The summed E-state index contributed by atoms with van der Waals surface area (Å²) in [5.74, 6) is 0.857. The van der Waals surface area contributed by atoms with Crippen LogP contribution < -0.4 is 5.73 Å². The standard InChI is InChI=1S/C16H23BrN2O/c1-12(14-3-2-4-15(17)10-14)11-19-7-5-13(6-8-19)9-16(18)20/h2-4,10,12-13H,5-9,11H2,1H3,(H2,18,20). The fourth-order valence-electron chi connectivity index (χ4n) is 2.96. The van der Waals surface area contributed by atoms with Crippen molar-refractivity contribution in [2.45, 2.75) is 32.1 Å². The summed E-state index contributed by atoms with van der Waals surface area (Å²) >= 11 is 3.53. The van der Waals surface area contributed by atoms with Gasteiger partial charge in [0.1, 0.15) is 0 Å².